The average molecular weight is 551 g/mol. The van der Waals surface area contributed by atoms with Gasteiger partial charge in [-0.2, -0.15) is 0 Å². The molecule has 3 aromatic rings. The first-order valence-corrected chi connectivity index (χ1v) is 14.0. The first-order chi connectivity index (χ1) is 19.4. The number of benzene rings is 1. The Morgan fingerprint density at radius 2 is 1.70 bits per heavy atom. The van der Waals surface area contributed by atoms with E-state index in [-0.39, 0.29) is 23.0 Å². The third kappa shape index (κ3) is 5.99. The van der Waals surface area contributed by atoms with Gasteiger partial charge in [0, 0.05) is 76.1 Å². The molecule has 0 spiro atoms. The van der Waals surface area contributed by atoms with Gasteiger partial charge in [0.2, 0.25) is 11.2 Å². The van der Waals surface area contributed by atoms with Crippen LogP contribution in [0.25, 0.3) is 0 Å². The number of aromatic hydroxyl groups is 1. The summed E-state index contributed by atoms with van der Waals surface area (Å²) in [5.74, 6) is 1.58. The molecule has 0 saturated carbocycles. The Bertz CT molecular complexity index is 1450. The highest BCUT2D eigenvalue weighted by atomic mass is 19.1. The zero-order valence-corrected chi connectivity index (χ0v) is 22.5. The van der Waals surface area contributed by atoms with Crippen molar-refractivity contribution in [2.45, 2.75) is 32.0 Å². The van der Waals surface area contributed by atoms with Crippen molar-refractivity contribution in [1.82, 2.24) is 19.3 Å². The minimum Gasteiger partial charge on any atom is -0.502 e. The topological polar surface area (TPSA) is 91.4 Å². The number of aromatic nitrogens is 1. The maximum atomic E-state index is 13.0. The van der Waals surface area contributed by atoms with E-state index in [1.165, 1.54) is 18.2 Å². The predicted molar refractivity (Wildman–Crippen MR) is 147 cm³/mol. The van der Waals surface area contributed by atoms with Gasteiger partial charge in [-0.15, -0.1) is 0 Å². The molecule has 1 N–H and O–H groups in total. The van der Waals surface area contributed by atoms with Crippen LogP contribution >= 0.6 is 0 Å². The van der Waals surface area contributed by atoms with Crippen molar-refractivity contribution in [3.63, 3.8) is 0 Å². The number of likely N-dealkylation sites (tertiary alicyclic amines) is 1. The Morgan fingerprint density at radius 3 is 2.50 bits per heavy atom. The lowest BCUT2D eigenvalue weighted by atomic mass is 9.83. The van der Waals surface area contributed by atoms with Crippen LogP contribution in [0.15, 0.2) is 62.5 Å². The Labute approximate surface area is 232 Å². The summed E-state index contributed by atoms with van der Waals surface area (Å²) in [6, 6.07) is 12.9. The van der Waals surface area contributed by atoms with Crippen LogP contribution in [0, 0.1) is 11.7 Å². The van der Waals surface area contributed by atoms with E-state index in [1.807, 2.05) is 16.7 Å². The van der Waals surface area contributed by atoms with Crippen LogP contribution in [0.2, 0.25) is 0 Å². The fourth-order valence-corrected chi connectivity index (χ4v) is 6.32. The first-order valence-electron chi connectivity index (χ1n) is 14.0. The second-order valence-electron chi connectivity index (χ2n) is 11.2. The summed E-state index contributed by atoms with van der Waals surface area (Å²) in [6.45, 7) is 7.72. The number of piperidine rings is 1. The molecule has 2 bridgehead atoms. The van der Waals surface area contributed by atoms with Gasteiger partial charge in [0.05, 0.1) is 13.1 Å². The van der Waals surface area contributed by atoms with E-state index in [2.05, 4.69) is 14.7 Å². The standard InChI is InChI=1S/C30H35FN4O5/c31-23-4-6-24(7-5-23)39-13-12-32-8-10-33(11-9-32)20-28-30(38)27(36)15-25(40-28)19-34-16-21-14-22(18-34)26-2-1-3-29(37)35(26)17-21/h1-7,15,21-22,38H,8-14,16-20H2/t21-,22+/m0/s1. The Kier molecular flexibility index (Phi) is 7.73. The van der Waals surface area contributed by atoms with E-state index in [4.69, 9.17) is 9.15 Å². The molecular formula is C30H35FN4O5. The molecule has 2 fully saturated rings. The van der Waals surface area contributed by atoms with Crippen molar-refractivity contribution in [2.75, 3.05) is 52.4 Å². The number of pyridine rings is 1. The molecule has 2 saturated heterocycles. The van der Waals surface area contributed by atoms with Crippen molar-refractivity contribution in [3.8, 4) is 11.5 Å². The summed E-state index contributed by atoms with van der Waals surface area (Å²) >= 11 is 0. The molecule has 212 valence electrons. The van der Waals surface area contributed by atoms with Gasteiger partial charge in [-0.1, -0.05) is 6.07 Å². The van der Waals surface area contributed by atoms with Crippen LogP contribution in [0.3, 0.4) is 0 Å². The maximum absolute atomic E-state index is 13.0. The highest BCUT2D eigenvalue weighted by Crippen LogP contribution is 2.35. The average Bonchev–Trinajstić information content (AvgIpc) is 2.94. The quantitative estimate of drug-likeness (QED) is 0.458. The van der Waals surface area contributed by atoms with Gasteiger partial charge in [0.1, 0.15) is 23.9 Å². The molecule has 10 heteroatoms. The second-order valence-corrected chi connectivity index (χ2v) is 11.2. The number of ether oxygens (including phenoxy) is 1. The molecule has 0 unspecified atom stereocenters. The summed E-state index contributed by atoms with van der Waals surface area (Å²) < 4.78 is 26.8. The molecule has 0 radical (unpaired) electrons. The van der Waals surface area contributed by atoms with Gasteiger partial charge in [0.15, 0.2) is 5.76 Å². The zero-order chi connectivity index (χ0) is 27.6. The lowest BCUT2D eigenvalue weighted by molar-refractivity contribution is 0.0975. The van der Waals surface area contributed by atoms with E-state index in [0.29, 0.717) is 42.9 Å². The van der Waals surface area contributed by atoms with Crippen molar-refractivity contribution in [1.29, 1.82) is 0 Å². The number of halogens is 1. The third-order valence-electron chi connectivity index (χ3n) is 8.30. The van der Waals surface area contributed by atoms with Crippen molar-refractivity contribution in [2.24, 2.45) is 5.92 Å². The van der Waals surface area contributed by atoms with E-state index < -0.39 is 5.43 Å². The molecule has 2 aromatic heterocycles. The summed E-state index contributed by atoms with van der Waals surface area (Å²) in [7, 11) is 0. The maximum Gasteiger partial charge on any atom is 0.250 e. The molecule has 0 aliphatic carbocycles. The second kappa shape index (κ2) is 11.6. The molecule has 40 heavy (non-hydrogen) atoms. The van der Waals surface area contributed by atoms with Crippen LogP contribution in [-0.4, -0.2) is 76.8 Å². The predicted octanol–water partition coefficient (Wildman–Crippen LogP) is 2.46. The molecule has 2 atom stereocenters. The SMILES string of the molecule is O=c1cc(CN2C[C@@H]3C[C@H](C2)c2cccc(=O)n2C3)oc(CN2CCN(CCOc3ccc(F)cc3)CC2)c1O. The molecule has 5 heterocycles. The van der Waals surface area contributed by atoms with Crippen LogP contribution in [0.4, 0.5) is 4.39 Å². The van der Waals surface area contributed by atoms with Gasteiger partial charge in [-0.05, 0) is 42.7 Å². The van der Waals surface area contributed by atoms with Crippen LogP contribution in [0.5, 0.6) is 11.5 Å². The molecule has 1 aromatic carbocycles. The molecule has 3 aliphatic heterocycles. The smallest absolute Gasteiger partial charge is 0.250 e. The van der Waals surface area contributed by atoms with Gasteiger partial charge < -0.3 is 18.8 Å². The minimum absolute atomic E-state index is 0.0639. The lowest BCUT2D eigenvalue weighted by Gasteiger charge is -2.42. The summed E-state index contributed by atoms with van der Waals surface area (Å²) in [6.07, 6.45) is 1.06. The van der Waals surface area contributed by atoms with E-state index in [1.54, 1.807) is 18.2 Å². The number of piperazine rings is 1. The summed E-state index contributed by atoms with van der Waals surface area (Å²) in [5, 5.41) is 10.5. The fraction of sp³-hybridized carbons (Fsp3) is 0.467. The van der Waals surface area contributed by atoms with Gasteiger partial charge in [-0.25, -0.2) is 4.39 Å². The largest absolute Gasteiger partial charge is 0.502 e. The molecule has 6 rings (SSSR count). The van der Waals surface area contributed by atoms with E-state index >= 15 is 0 Å². The minimum atomic E-state index is -0.415. The highest BCUT2D eigenvalue weighted by molar-refractivity contribution is 5.25. The Morgan fingerprint density at radius 1 is 0.925 bits per heavy atom. The molecular weight excluding hydrogens is 515 g/mol. The normalized spacial score (nSPS) is 21.7. The number of rotatable bonds is 8. The van der Waals surface area contributed by atoms with Crippen molar-refractivity contribution < 1.29 is 18.7 Å². The third-order valence-corrected chi connectivity index (χ3v) is 8.30. The Balaban J connectivity index is 1.03. The van der Waals surface area contributed by atoms with E-state index in [0.717, 1.165) is 64.5 Å². The number of fused-ring (bicyclic) bond motifs is 4. The molecule has 9 nitrogen and oxygen atoms in total. The van der Waals surface area contributed by atoms with Crippen LogP contribution in [0.1, 0.15) is 29.6 Å². The molecule has 3 aliphatic rings. The number of hydrogen-bond acceptors (Lipinski definition) is 8. The van der Waals surface area contributed by atoms with E-state index in [9.17, 15) is 19.1 Å². The van der Waals surface area contributed by atoms with Crippen LogP contribution < -0.4 is 15.7 Å². The zero-order valence-electron chi connectivity index (χ0n) is 22.5. The van der Waals surface area contributed by atoms with Crippen molar-refractivity contribution >= 4 is 0 Å². The van der Waals surface area contributed by atoms with Crippen molar-refractivity contribution in [3.05, 3.63) is 92.1 Å². The highest BCUT2D eigenvalue weighted by Gasteiger charge is 2.34. The number of nitrogens with zero attached hydrogens (tertiary/aromatic N) is 4. The lowest BCUT2D eigenvalue weighted by Crippen LogP contribution is -2.47. The summed E-state index contributed by atoms with van der Waals surface area (Å²) in [4.78, 5) is 31.7. The van der Waals surface area contributed by atoms with Gasteiger partial charge >= 0.3 is 0 Å². The van der Waals surface area contributed by atoms with Crippen LogP contribution in [-0.2, 0) is 19.6 Å². The molecule has 0 amide bonds. The monoisotopic (exact) mass is 550 g/mol. The first kappa shape index (κ1) is 26.7. The number of hydrogen-bond donors (Lipinski definition) is 1. The summed E-state index contributed by atoms with van der Waals surface area (Å²) in [5.41, 5.74) is 0.735. The van der Waals surface area contributed by atoms with Gasteiger partial charge in [0.25, 0.3) is 5.56 Å². The van der Waals surface area contributed by atoms with Gasteiger partial charge in [-0.3, -0.25) is 24.3 Å². The Hall–Kier alpha value is -3.47. The fourth-order valence-electron chi connectivity index (χ4n) is 6.32.